The Labute approximate surface area is 175 Å². The molecule has 0 radical (unpaired) electrons. The molecule has 2 amide bonds. The van der Waals surface area contributed by atoms with Gasteiger partial charge in [-0.05, 0) is 56.2 Å². The van der Waals surface area contributed by atoms with E-state index < -0.39 is 12.1 Å². The molecule has 0 spiro atoms. The lowest BCUT2D eigenvalue weighted by Gasteiger charge is -2.18. The second-order valence-corrected chi connectivity index (χ2v) is 7.27. The van der Waals surface area contributed by atoms with Gasteiger partial charge >= 0.3 is 5.97 Å². The Hall–Kier alpha value is -3.35. The van der Waals surface area contributed by atoms with Gasteiger partial charge in [0, 0.05) is 11.6 Å². The number of amides is 2. The van der Waals surface area contributed by atoms with E-state index in [2.05, 4.69) is 10.6 Å². The largest absolute Gasteiger partial charge is 0.497 e. The average molecular weight is 410 g/mol. The van der Waals surface area contributed by atoms with E-state index in [9.17, 15) is 14.4 Å². The van der Waals surface area contributed by atoms with Gasteiger partial charge in [0.25, 0.3) is 11.8 Å². The fourth-order valence-corrected chi connectivity index (χ4v) is 3.37. The van der Waals surface area contributed by atoms with Crippen LogP contribution in [0.4, 0.5) is 5.69 Å². The zero-order valence-corrected chi connectivity index (χ0v) is 17.1. The molecule has 158 valence electrons. The molecule has 1 saturated carbocycles. The number of ether oxygens (including phenoxy) is 2. The van der Waals surface area contributed by atoms with Gasteiger partial charge < -0.3 is 20.1 Å². The molecule has 1 aliphatic rings. The van der Waals surface area contributed by atoms with Crippen LogP contribution in [0, 0.1) is 0 Å². The first-order valence-corrected chi connectivity index (χ1v) is 10.0. The van der Waals surface area contributed by atoms with E-state index in [1.54, 1.807) is 62.6 Å². The Kier molecular flexibility index (Phi) is 7.06. The van der Waals surface area contributed by atoms with Crippen LogP contribution in [0.5, 0.6) is 5.75 Å². The third-order valence-corrected chi connectivity index (χ3v) is 5.10. The molecule has 2 aromatic rings. The maximum absolute atomic E-state index is 12.6. The van der Waals surface area contributed by atoms with Crippen molar-refractivity contribution in [3.63, 3.8) is 0 Å². The predicted octanol–water partition coefficient (Wildman–Crippen LogP) is 3.55. The fraction of sp³-hybridized carbons (Fsp3) is 0.348. The highest BCUT2D eigenvalue weighted by molar-refractivity contribution is 6.08. The Morgan fingerprint density at radius 1 is 1.00 bits per heavy atom. The van der Waals surface area contributed by atoms with Gasteiger partial charge in [-0.15, -0.1) is 0 Å². The Morgan fingerprint density at radius 2 is 1.67 bits per heavy atom. The fourth-order valence-electron chi connectivity index (χ4n) is 3.37. The molecule has 3 rings (SSSR count). The molecule has 0 heterocycles. The molecule has 0 bridgehead atoms. The Bertz CT molecular complexity index is 904. The lowest BCUT2D eigenvalue weighted by Crippen LogP contribution is -2.40. The molecule has 0 unspecified atom stereocenters. The first kappa shape index (κ1) is 21.4. The summed E-state index contributed by atoms with van der Waals surface area (Å²) in [5.41, 5.74) is 0.912. The molecule has 2 aromatic carbocycles. The van der Waals surface area contributed by atoms with E-state index in [0.717, 1.165) is 25.7 Å². The van der Waals surface area contributed by atoms with Crippen LogP contribution < -0.4 is 15.4 Å². The number of esters is 1. The minimum Gasteiger partial charge on any atom is -0.497 e. The van der Waals surface area contributed by atoms with Gasteiger partial charge in [-0.25, -0.2) is 4.79 Å². The SMILES string of the molecule is COc1ccc(C(=O)Nc2ccccc2C(=O)O[C@@H](C)C(=O)NC2CCCC2)cc1. The van der Waals surface area contributed by atoms with Gasteiger partial charge in [0.15, 0.2) is 6.10 Å². The van der Waals surface area contributed by atoms with Gasteiger partial charge in [0.2, 0.25) is 0 Å². The number of anilines is 1. The second-order valence-electron chi connectivity index (χ2n) is 7.27. The standard InChI is InChI=1S/C23H26N2O5/c1-15(21(26)24-17-7-3-4-8-17)30-23(28)19-9-5-6-10-20(19)25-22(27)16-11-13-18(29-2)14-12-16/h5-6,9-15,17H,3-4,7-8H2,1-2H3,(H,24,26)(H,25,27)/t15-/m0/s1. The number of hydrogen-bond acceptors (Lipinski definition) is 5. The van der Waals surface area contributed by atoms with E-state index in [-0.39, 0.29) is 23.4 Å². The van der Waals surface area contributed by atoms with Gasteiger partial charge in [-0.3, -0.25) is 9.59 Å². The summed E-state index contributed by atoms with van der Waals surface area (Å²) in [6, 6.07) is 13.3. The van der Waals surface area contributed by atoms with Crippen molar-refractivity contribution in [1.29, 1.82) is 0 Å². The van der Waals surface area contributed by atoms with Crippen LogP contribution in [0.15, 0.2) is 48.5 Å². The molecule has 1 aliphatic carbocycles. The molecule has 7 nitrogen and oxygen atoms in total. The Morgan fingerprint density at radius 3 is 2.33 bits per heavy atom. The van der Waals surface area contributed by atoms with E-state index >= 15 is 0 Å². The average Bonchev–Trinajstić information content (AvgIpc) is 3.27. The number of carbonyl (C=O) groups is 3. The second kappa shape index (κ2) is 9.91. The van der Waals surface area contributed by atoms with E-state index in [0.29, 0.717) is 17.0 Å². The smallest absolute Gasteiger partial charge is 0.341 e. The summed E-state index contributed by atoms with van der Waals surface area (Å²) in [4.78, 5) is 37.5. The summed E-state index contributed by atoms with van der Waals surface area (Å²) >= 11 is 0. The normalized spacial score (nSPS) is 14.6. The number of carbonyl (C=O) groups excluding carboxylic acids is 3. The quantitative estimate of drug-likeness (QED) is 0.681. The minimum absolute atomic E-state index is 0.148. The highest BCUT2D eigenvalue weighted by Gasteiger charge is 2.24. The maximum Gasteiger partial charge on any atom is 0.341 e. The van der Waals surface area contributed by atoms with Crippen LogP contribution in [0.2, 0.25) is 0 Å². The van der Waals surface area contributed by atoms with Crippen molar-refractivity contribution in [3.8, 4) is 5.75 Å². The van der Waals surface area contributed by atoms with Crippen molar-refractivity contribution in [1.82, 2.24) is 5.32 Å². The molecular weight excluding hydrogens is 384 g/mol. The third kappa shape index (κ3) is 5.37. The van der Waals surface area contributed by atoms with Crippen molar-refractivity contribution in [2.24, 2.45) is 0 Å². The molecule has 0 aromatic heterocycles. The number of rotatable bonds is 7. The van der Waals surface area contributed by atoms with E-state index in [4.69, 9.17) is 9.47 Å². The maximum atomic E-state index is 12.6. The molecule has 0 aliphatic heterocycles. The third-order valence-electron chi connectivity index (χ3n) is 5.10. The monoisotopic (exact) mass is 410 g/mol. The van der Waals surface area contributed by atoms with Crippen LogP contribution >= 0.6 is 0 Å². The van der Waals surface area contributed by atoms with Crippen molar-refractivity contribution in [2.45, 2.75) is 44.8 Å². The Balaban J connectivity index is 1.65. The molecule has 1 atom stereocenters. The topological polar surface area (TPSA) is 93.7 Å². The lowest BCUT2D eigenvalue weighted by atomic mass is 10.1. The molecule has 2 N–H and O–H groups in total. The zero-order chi connectivity index (χ0) is 21.5. The number of hydrogen-bond donors (Lipinski definition) is 2. The van der Waals surface area contributed by atoms with Crippen LogP contribution in [0.1, 0.15) is 53.3 Å². The lowest BCUT2D eigenvalue weighted by molar-refractivity contribution is -0.129. The van der Waals surface area contributed by atoms with Crippen molar-refractivity contribution >= 4 is 23.5 Å². The van der Waals surface area contributed by atoms with Crippen LogP contribution in [-0.2, 0) is 9.53 Å². The summed E-state index contributed by atoms with van der Waals surface area (Å²) in [5, 5.41) is 5.64. The number of para-hydroxylation sites is 1. The molecule has 1 fully saturated rings. The van der Waals surface area contributed by atoms with Crippen LogP contribution in [-0.4, -0.2) is 37.0 Å². The molecule has 7 heteroatoms. The summed E-state index contributed by atoms with van der Waals surface area (Å²) in [6.07, 6.45) is 3.17. The van der Waals surface area contributed by atoms with Gasteiger partial charge in [-0.1, -0.05) is 25.0 Å². The summed E-state index contributed by atoms with van der Waals surface area (Å²) in [6.45, 7) is 1.54. The van der Waals surface area contributed by atoms with Crippen molar-refractivity contribution in [2.75, 3.05) is 12.4 Å². The minimum atomic E-state index is -0.927. The van der Waals surface area contributed by atoms with Crippen molar-refractivity contribution < 1.29 is 23.9 Å². The molecular formula is C23H26N2O5. The number of benzene rings is 2. The van der Waals surface area contributed by atoms with E-state index in [1.165, 1.54) is 0 Å². The molecule has 30 heavy (non-hydrogen) atoms. The van der Waals surface area contributed by atoms with Gasteiger partial charge in [0.1, 0.15) is 5.75 Å². The number of nitrogens with one attached hydrogen (secondary N) is 2. The van der Waals surface area contributed by atoms with Crippen LogP contribution in [0.25, 0.3) is 0 Å². The highest BCUT2D eigenvalue weighted by atomic mass is 16.5. The van der Waals surface area contributed by atoms with Gasteiger partial charge in [0.05, 0.1) is 18.4 Å². The summed E-state index contributed by atoms with van der Waals surface area (Å²) in [7, 11) is 1.55. The highest BCUT2D eigenvalue weighted by Crippen LogP contribution is 2.20. The predicted molar refractivity (Wildman–Crippen MR) is 113 cm³/mol. The van der Waals surface area contributed by atoms with E-state index in [1.807, 2.05) is 0 Å². The number of methoxy groups -OCH3 is 1. The van der Waals surface area contributed by atoms with Crippen LogP contribution in [0.3, 0.4) is 0 Å². The first-order chi connectivity index (χ1) is 14.5. The van der Waals surface area contributed by atoms with Crippen molar-refractivity contribution in [3.05, 3.63) is 59.7 Å². The zero-order valence-electron chi connectivity index (χ0n) is 17.1. The van der Waals surface area contributed by atoms with Gasteiger partial charge in [-0.2, -0.15) is 0 Å². The summed E-state index contributed by atoms with van der Waals surface area (Å²) in [5.74, 6) is -0.713. The summed E-state index contributed by atoms with van der Waals surface area (Å²) < 4.78 is 10.4. The first-order valence-electron chi connectivity index (χ1n) is 10.0. The molecule has 0 saturated heterocycles.